The molecule has 56 valence electrons. The van der Waals surface area contributed by atoms with Crippen LogP contribution in [0.3, 0.4) is 0 Å². The lowest BCUT2D eigenvalue weighted by Gasteiger charge is -1.94. The molecular weight excluding hydrogens is 118 g/mol. The minimum atomic E-state index is 0.139. The van der Waals surface area contributed by atoms with Gasteiger partial charge in [0.05, 0.1) is 6.10 Å². The number of aldehydes is 1. The van der Waals surface area contributed by atoms with Crippen LogP contribution in [0.1, 0.15) is 13.8 Å². The van der Waals surface area contributed by atoms with E-state index in [-0.39, 0.29) is 6.54 Å². The fraction of sp³-hybridized carbons (Fsp3) is 0.833. The second-order valence-electron chi connectivity index (χ2n) is 1.69. The number of hydrogen-bond donors (Lipinski definition) is 1. The lowest BCUT2D eigenvalue weighted by Crippen LogP contribution is -1.97. The molecule has 0 heterocycles. The summed E-state index contributed by atoms with van der Waals surface area (Å²) in [5, 5.41) is 0. The summed E-state index contributed by atoms with van der Waals surface area (Å²) in [6, 6.07) is 0. The van der Waals surface area contributed by atoms with Crippen LogP contribution in [0.4, 0.5) is 0 Å². The molecule has 2 N–H and O–H groups in total. The number of ether oxygens (including phenoxy) is 1. The van der Waals surface area contributed by atoms with E-state index in [1.165, 1.54) is 0 Å². The predicted molar refractivity (Wildman–Crippen MR) is 37.3 cm³/mol. The van der Waals surface area contributed by atoms with Crippen molar-refractivity contribution in [2.45, 2.75) is 20.0 Å². The molecule has 9 heavy (non-hydrogen) atoms. The van der Waals surface area contributed by atoms with Crippen molar-refractivity contribution in [3.63, 3.8) is 0 Å². The van der Waals surface area contributed by atoms with E-state index in [0.29, 0.717) is 12.4 Å². The van der Waals surface area contributed by atoms with Crippen LogP contribution in [0.2, 0.25) is 0 Å². The van der Waals surface area contributed by atoms with Crippen molar-refractivity contribution in [2.75, 3.05) is 13.7 Å². The van der Waals surface area contributed by atoms with Gasteiger partial charge in [-0.3, -0.25) is 0 Å². The molecule has 0 aromatic heterocycles. The van der Waals surface area contributed by atoms with Gasteiger partial charge in [0.1, 0.15) is 6.29 Å². The largest absolute Gasteiger partial charge is 0.382 e. The van der Waals surface area contributed by atoms with E-state index in [4.69, 9.17) is 9.53 Å². The van der Waals surface area contributed by atoms with Crippen LogP contribution in [-0.4, -0.2) is 26.0 Å². The molecule has 0 spiro atoms. The van der Waals surface area contributed by atoms with Crippen LogP contribution in [0.5, 0.6) is 0 Å². The van der Waals surface area contributed by atoms with E-state index < -0.39 is 0 Å². The Morgan fingerprint density at radius 1 is 1.67 bits per heavy atom. The van der Waals surface area contributed by atoms with Gasteiger partial charge in [-0.05, 0) is 13.8 Å². The summed E-state index contributed by atoms with van der Waals surface area (Å²) in [6.07, 6.45) is 1.04. The normalized spacial score (nSPS) is 8.11. The molecule has 0 saturated heterocycles. The van der Waals surface area contributed by atoms with Gasteiger partial charge in [0, 0.05) is 13.7 Å². The molecule has 0 atom stereocenters. The Balaban J connectivity index is 0. The zero-order valence-corrected chi connectivity index (χ0v) is 6.26. The van der Waals surface area contributed by atoms with Crippen LogP contribution in [0, 0.1) is 0 Å². The molecule has 0 aromatic rings. The van der Waals surface area contributed by atoms with Gasteiger partial charge < -0.3 is 15.3 Å². The Morgan fingerprint density at radius 2 is 1.89 bits per heavy atom. The summed E-state index contributed by atoms with van der Waals surface area (Å²) < 4.78 is 4.75. The molecule has 3 heteroatoms. The zero-order valence-electron chi connectivity index (χ0n) is 6.26. The molecule has 0 amide bonds. The highest BCUT2D eigenvalue weighted by molar-refractivity contribution is 5.51. The van der Waals surface area contributed by atoms with Crippen LogP contribution in [-0.2, 0) is 9.53 Å². The third-order valence-corrected chi connectivity index (χ3v) is 0.568. The highest BCUT2D eigenvalue weighted by Gasteiger charge is 1.78. The van der Waals surface area contributed by atoms with Crippen LogP contribution >= 0.6 is 0 Å². The number of nitrogens with two attached hydrogens (primary N) is 1. The van der Waals surface area contributed by atoms with Crippen LogP contribution < -0.4 is 5.73 Å². The van der Waals surface area contributed by atoms with Gasteiger partial charge in [0.2, 0.25) is 0 Å². The van der Waals surface area contributed by atoms with Crippen molar-refractivity contribution in [3.05, 3.63) is 0 Å². The maximum absolute atomic E-state index is 9.05. The summed E-state index contributed by atoms with van der Waals surface area (Å²) in [4.78, 5) is 9.05. The Bertz CT molecular complexity index is 55.0. The lowest BCUT2D eigenvalue weighted by molar-refractivity contribution is -0.106. The van der Waals surface area contributed by atoms with Gasteiger partial charge in [-0.15, -0.1) is 0 Å². The quantitative estimate of drug-likeness (QED) is 0.547. The van der Waals surface area contributed by atoms with Crippen molar-refractivity contribution in [2.24, 2.45) is 5.73 Å². The first-order valence-corrected chi connectivity index (χ1v) is 2.85. The highest BCUT2D eigenvalue weighted by Crippen LogP contribution is 1.77. The van der Waals surface area contributed by atoms with E-state index in [1.807, 2.05) is 13.8 Å². The standard InChI is InChI=1S/C4H10O.C2H5NO/c1-4(2)5-3;3-1-2-4/h4H,1-3H3;2H,1,3H2. The molecule has 0 radical (unpaired) electrons. The Hall–Kier alpha value is -0.410. The first-order valence-electron chi connectivity index (χ1n) is 2.85. The van der Waals surface area contributed by atoms with E-state index >= 15 is 0 Å². The summed E-state index contributed by atoms with van der Waals surface area (Å²) in [6.45, 7) is 4.14. The fourth-order valence-corrected chi connectivity index (χ4v) is 0. The van der Waals surface area contributed by atoms with Crippen molar-refractivity contribution in [1.29, 1.82) is 0 Å². The SMILES string of the molecule is COC(C)C.NCC=O. The third kappa shape index (κ3) is 35.4. The van der Waals surface area contributed by atoms with Gasteiger partial charge >= 0.3 is 0 Å². The third-order valence-electron chi connectivity index (χ3n) is 0.568. The van der Waals surface area contributed by atoms with Crippen molar-refractivity contribution in [1.82, 2.24) is 0 Å². The summed E-state index contributed by atoms with van der Waals surface area (Å²) in [7, 11) is 1.70. The summed E-state index contributed by atoms with van der Waals surface area (Å²) in [5.74, 6) is 0. The number of carbonyl (C=O) groups excluding carboxylic acids is 1. The Labute approximate surface area is 56.2 Å². The second kappa shape index (κ2) is 10.5. The molecule has 0 aromatic carbocycles. The first kappa shape index (κ1) is 11.4. The van der Waals surface area contributed by atoms with Gasteiger partial charge in [0.15, 0.2) is 0 Å². The minimum Gasteiger partial charge on any atom is -0.382 e. The molecule has 0 rings (SSSR count). The van der Waals surface area contributed by atoms with Crippen LogP contribution in [0.15, 0.2) is 0 Å². The van der Waals surface area contributed by atoms with Gasteiger partial charge in [0.25, 0.3) is 0 Å². The molecule has 0 saturated carbocycles. The van der Waals surface area contributed by atoms with E-state index in [2.05, 4.69) is 5.73 Å². The van der Waals surface area contributed by atoms with Gasteiger partial charge in [-0.1, -0.05) is 0 Å². The maximum Gasteiger partial charge on any atom is 0.133 e. The van der Waals surface area contributed by atoms with E-state index in [1.54, 1.807) is 7.11 Å². The van der Waals surface area contributed by atoms with Gasteiger partial charge in [-0.25, -0.2) is 0 Å². The fourth-order valence-electron chi connectivity index (χ4n) is 0. The minimum absolute atomic E-state index is 0.139. The van der Waals surface area contributed by atoms with Crippen molar-refractivity contribution >= 4 is 6.29 Å². The summed E-state index contributed by atoms with van der Waals surface area (Å²) in [5.41, 5.74) is 4.66. The van der Waals surface area contributed by atoms with E-state index in [9.17, 15) is 0 Å². The Morgan fingerprint density at radius 3 is 1.89 bits per heavy atom. The molecule has 0 aliphatic heterocycles. The topological polar surface area (TPSA) is 52.3 Å². The molecule has 3 nitrogen and oxygen atoms in total. The molecule has 0 fully saturated rings. The molecular formula is C6H15NO2. The number of methoxy groups -OCH3 is 1. The van der Waals surface area contributed by atoms with Crippen LogP contribution in [0.25, 0.3) is 0 Å². The number of carbonyl (C=O) groups is 1. The molecule has 0 aliphatic rings. The maximum atomic E-state index is 9.05. The molecule has 0 bridgehead atoms. The predicted octanol–water partition coefficient (Wildman–Crippen LogP) is 0.185. The smallest absolute Gasteiger partial charge is 0.133 e. The average Bonchev–Trinajstić information content (AvgIpc) is 1.89. The lowest BCUT2D eigenvalue weighted by atomic mass is 10.5. The molecule has 0 aliphatic carbocycles. The average molecular weight is 133 g/mol. The van der Waals surface area contributed by atoms with Gasteiger partial charge in [-0.2, -0.15) is 0 Å². The zero-order chi connectivity index (χ0) is 7.70. The number of hydrogen-bond acceptors (Lipinski definition) is 3. The van der Waals surface area contributed by atoms with Crippen molar-refractivity contribution in [3.8, 4) is 0 Å². The first-order chi connectivity index (χ1) is 4.18. The number of rotatable bonds is 2. The van der Waals surface area contributed by atoms with Crippen molar-refractivity contribution < 1.29 is 9.53 Å². The van der Waals surface area contributed by atoms with E-state index in [0.717, 1.165) is 0 Å². The highest BCUT2D eigenvalue weighted by atomic mass is 16.5. The monoisotopic (exact) mass is 133 g/mol. The summed E-state index contributed by atoms with van der Waals surface area (Å²) >= 11 is 0. The second-order valence-corrected chi connectivity index (χ2v) is 1.69. The molecule has 0 unspecified atom stereocenters. The Kier molecular flexibility index (Phi) is 13.4.